The Balaban J connectivity index is 2.28. The van der Waals surface area contributed by atoms with Gasteiger partial charge in [0.05, 0.1) is 0 Å². The third-order valence-corrected chi connectivity index (χ3v) is 3.35. The monoisotopic (exact) mass is 244 g/mol. The third-order valence-electron chi connectivity index (χ3n) is 2.30. The zero-order valence-electron chi connectivity index (χ0n) is 8.67. The molecule has 0 aromatic heterocycles. The topological polar surface area (TPSA) is 0 Å². The van der Waals surface area contributed by atoms with Gasteiger partial charge in [-0.1, -0.05) is 54.6 Å². The molecule has 2 aromatic rings. The van der Waals surface area contributed by atoms with Gasteiger partial charge in [-0.25, -0.2) is 0 Å². The van der Waals surface area contributed by atoms with Crippen LogP contribution in [0.4, 0.5) is 0 Å². The number of hydrogen-bond acceptors (Lipinski definition) is 2. The predicted molar refractivity (Wildman–Crippen MR) is 76.3 cm³/mol. The summed E-state index contributed by atoms with van der Waals surface area (Å²) in [6.07, 6.45) is 4.12. The summed E-state index contributed by atoms with van der Waals surface area (Å²) in [5.74, 6) is 0. The SMILES string of the molecule is Sc1cccc(/C=C/c2ccccc2)c1S. The molecule has 0 spiro atoms. The van der Waals surface area contributed by atoms with E-state index < -0.39 is 0 Å². The Labute approximate surface area is 107 Å². The van der Waals surface area contributed by atoms with Crippen molar-refractivity contribution in [3.8, 4) is 0 Å². The first-order valence-electron chi connectivity index (χ1n) is 5.01. The molecule has 0 heterocycles. The van der Waals surface area contributed by atoms with Crippen molar-refractivity contribution < 1.29 is 0 Å². The highest BCUT2D eigenvalue weighted by Crippen LogP contribution is 2.23. The van der Waals surface area contributed by atoms with Gasteiger partial charge in [0.15, 0.2) is 0 Å². The Morgan fingerprint density at radius 1 is 0.750 bits per heavy atom. The lowest BCUT2D eigenvalue weighted by Gasteiger charge is -2.01. The smallest absolute Gasteiger partial charge is 0.0246 e. The van der Waals surface area contributed by atoms with Gasteiger partial charge in [-0.05, 0) is 17.2 Å². The molecule has 0 bridgehead atoms. The molecule has 0 saturated carbocycles. The minimum Gasteiger partial charge on any atom is -0.142 e. The van der Waals surface area contributed by atoms with Gasteiger partial charge in [0.25, 0.3) is 0 Å². The molecule has 0 amide bonds. The lowest BCUT2D eigenvalue weighted by molar-refractivity contribution is 1.25. The quantitative estimate of drug-likeness (QED) is 0.566. The number of hydrogen-bond donors (Lipinski definition) is 2. The average Bonchev–Trinajstić information content (AvgIpc) is 2.32. The van der Waals surface area contributed by atoms with Gasteiger partial charge in [-0.15, -0.1) is 25.3 Å². The first-order chi connectivity index (χ1) is 7.77. The second kappa shape index (κ2) is 5.28. The van der Waals surface area contributed by atoms with Gasteiger partial charge in [0.2, 0.25) is 0 Å². The normalized spacial score (nSPS) is 10.9. The van der Waals surface area contributed by atoms with Crippen molar-refractivity contribution in [1.29, 1.82) is 0 Å². The average molecular weight is 244 g/mol. The zero-order valence-corrected chi connectivity index (χ0v) is 10.5. The maximum atomic E-state index is 4.43. The predicted octanol–water partition coefficient (Wildman–Crippen LogP) is 4.43. The van der Waals surface area contributed by atoms with Gasteiger partial charge in [0, 0.05) is 9.79 Å². The fraction of sp³-hybridized carbons (Fsp3) is 0. The van der Waals surface area contributed by atoms with E-state index in [2.05, 4.69) is 49.5 Å². The minimum atomic E-state index is 0.901. The summed E-state index contributed by atoms with van der Waals surface area (Å²) in [6.45, 7) is 0. The van der Waals surface area contributed by atoms with Crippen molar-refractivity contribution >= 4 is 37.4 Å². The maximum Gasteiger partial charge on any atom is 0.0246 e. The van der Waals surface area contributed by atoms with Crippen LogP contribution in [0, 0.1) is 0 Å². The van der Waals surface area contributed by atoms with Crippen molar-refractivity contribution in [3.63, 3.8) is 0 Å². The van der Waals surface area contributed by atoms with Crippen LogP contribution in [0.3, 0.4) is 0 Å². The van der Waals surface area contributed by atoms with E-state index in [1.165, 1.54) is 5.56 Å². The molecular weight excluding hydrogens is 232 g/mol. The van der Waals surface area contributed by atoms with Crippen molar-refractivity contribution in [2.24, 2.45) is 0 Å². The van der Waals surface area contributed by atoms with E-state index in [4.69, 9.17) is 0 Å². The molecule has 0 fully saturated rings. The molecule has 0 radical (unpaired) electrons. The number of rotatable bonds is 2. The summed E-state index contributed by atoms with van der Waals surface area (Å²) in [6, 6.07) is 16.1. The second-order valence-corrected chi connectivity index (χ2v) is 4.39. The van der Waals surface area contributed by atoms with E-state index in [0.717, 1.165) is 15.4 Å². The fourth-order valence-corrected chi connectivity index (χ4v) is 1.87. The van der Waals surface area contributed by atoms with Crippen molar-refractivity contribution in [2.75, 3.05) is 0 Å². The van der Waals surface area contributed by atoms with E-state index >= 15 is 0 Å². The Morgan fingerprint density at radius 3 is 2.25 bits per heavy atom. The van der Waals surface area contributed by atoms with Gasteiger partial charge >= 0.3 is 0 Å². The summed E-state index contributed by atoms with van der Waals surface area (Å²) < 4.78 is 0. The van der Waals surface area contributed by atoms with Crippen LogP contribution >= 0.6 is 25.3 Å². The second-order valence-electron chi connectivity index (χ2n) is 3.46. The molecule has 0 unspecified atom stereocenters. The summed E-state index contributed by atoms with van der Waals surface area (Å²) in [4.78, 5) is 1.82. The molecule has 0 aliphatic heterocycles. The Morgan fingerprint density at radius 2 is 1.50 bits per heavy atom. The summed E-state index contributed by atoms with van der Waals surface area (Å²) in [7, 11) is 0. The lowest BCUT2D eigenvalue weighted by atomic mass is 10.1. The van der Waals surface area contributed by atoms with E-state index in [0.29, 0.717) is 0 Å². The maximum absolute atomic E-state index is 4.43. The molecule has 0 nitrogen and oxygen atoms in total. The highest BCUT2D eigenvalue weighted by Gasteiger charge is 1.97. The molecule has 0 atom stereocenters. The van der Waals surface area contributed by atoms with Crippen LogP contribution in [-0.2, 0) is 0 Å². The first kappa shape index (κ1) is 11.4. The van der Waals surface area contributed by atoms with Gasteiger partial charge in [0.1, 0.15) is 0 Å². The standard InChI is InChI=1S/C14H12S2/c15-13-8-4-7-12(14(13)16)10-9-11-5-2-1-3-6-11/h1-10,15-16H/b10-9+. The molecule has 16 heavy (non-hydrogen) atoms. The van der Waals surface area contributed by atoms with Crippen LogP contribution in [0.2, 0.25) is 0 Å². The minimum absolute atomic E-state index is 0.901. The van der Waals surface area contributed by atoms with Crippen LogP contribution in [0.15, 0.2) is 58.3 Å². The van der Waals surface area contributed by atoms with E-state index in [1.807, 2.05) is 36.4 Å². The molecule has 0 aliphatic rings. The largest absolute Gasteiger partial charge is 0.142 e. The van der Waals surface area contributed by atoms with Gasteiger partial charge < -0.3 is 0 Å². The van der Waals surface area contributed by atoms with E-state index in [1.54, 1.807) is 0 Å². The van der Waals surface area contributed by atoms with Crippen LogP contribution in [0.25, 0.3) is 12.2 Å². The van der Waals surface area contributed by atoms with Crippen LogP contribution in [0.5, 0.6) is 0 Å². The third kappa shape index (κ3) is 2.71. The number of benzene rings is 2. The van der Waals surface area contributed by atoms with E-state index in [-0.39, 0.29) is 0 Å². The highest BCUT2D eigenvalue weighted by atomic mass is 32.1. The molecule has 0 aliphatic carbocycles. The number of thiol groups is 2. The summed E-state index contributed by atoms with van der Waals surface area (Å²) in [5.41, 5.74) is 2.26. The van der Waals surface area contributed by atoms with Gasteiger partial charge in [-0.3, -0.25) is 0 Å². The van der Waals surface area contributed by atoms with Crippen molar-refractivity contribution in [1.82, 2.24) is 0 Å². The molecule has 2 rings (SSSR count). The molecule has 0 N–H and O–H groups in total. The molecule has 80 valence electrons. The van der Waals surface area contributed by atoms with Crippen LogP contribution in [-0.4, -0.2) is 0 Å². The van der Waals surface area contributed by atoms with Crippen LogP contribution < -0.4 is 0 Å². The van der Waals surface area contributed by atoms with E-state index in [9.17, 15) is 0 Å². The molecular formula is C14H12S2. The Kier molecular flexibility index (Phi) is 3.75. The first-order valence-corrected chi connectivity index (χ1v) is 5.91. The van der Waals surface area contributed by atoms with Crippen molar-refractivity contribution in [2.45, 2.75) is 9.79 Å². The fourth-order valence-electron chi connectivity index (χ4n) is 1.43. The van der Waals surface area contributed by atoms with Gasteiger partial charge in [-0.2, -0.15) is 0 Å². The molecule has 2 heteroatoms. The van der Waals surface area contributed by atoms with Crippen LogP contribution in [0.1, 0.15) is 11.1 Å². The Bertz CT molecular complexity index is 501. The molecule has 2 aromatic carbocycles. The summed E-state index contributed by atoms with van der Waals surface area (Å²) in [5, 5.41) is 0. The lowest BCUT2D eigenvalue weighted by Crippen LogP contribution is -1.78. The molecule has 0 saturated heterocycles. The highest BCUT2D eigenvalue weighted by molar-refractivity contribution is 7.83. The van der Waals surface area contributed by atoms with Crippen molar-refractivity contribution in [3.05, 3.63) is 59.7 Å². The summed E-state index contributed by atoms with van der Waals surface area (Å²) >= 11 is 8.77. The zero-order chi connectivity index (χ0) is 11.4. The Hall–Kier alpha value is -1.12.